The van der Waals surface area contributed by atoms with Crippen LogP contribution >= 0.6 is 0 Å². The quantitative estimate of drug-likeness (QED) is 0.624. The van der Waals surface area contributed by atoms with Gasteiger partial charge in [0.25, 0.3) is 0 Å². The summed E-state index contributed by atoms with van der Waals surface area (Å²) in [7, 11) is 1.63. The highest BCUT2D eigenvalue weighted by Crippen LogP contribution is 2.46. The Kier molecular flexibility index (Phi) is 6.97. The maximum absolute atomic E-state index is 12.9. The van der Waals surface area contributed by atoms with Gasteiger partial charge in [0.15, 0.2) is 0 Å². The van der Waals surface area contributed by atoms with E-state index in [0.29, 0.717) is 56.7 Å². The predicted octanol–water partition coefficient (Wildman–Crippen LogP) is 3.78. The number of pyridine rings is 1. The van der Waals surface area contributed by atoms with Gasteiger partial charge in [-0.1, -0.05) is 13.8 Å². The average Bonchev–Trinajstić information content (AvgIpc) is 3.60. The molecule has 2 aliphatic heterocycles. The van der Waals surface area contributed by atoms with Crippen molar-refractivity contribution in [1.82, 2.24) is 9.88 Å². The Labute approximate surface area is 198 Å². The number of aromatic nitrogens is 1. The first kappa shape index (κ1) is 24.0. The number of nitriles is 1. The summed E-state index contributed by atoms with van der Waals surface area (Å²) in [6, 6.07) is 2.61. The second-order valence-electron chi connectivity index (χ2n) is 10.8. The van der Waals surface area contributed by atoms with E-state index in [1.54, 1.807) is 7.11 Å². The minimum absolute atomic E-state index is 0.108. The molecule has 3 aliphatic rings. The Balaban J connectivity index is 1.68. The molecule has 0 bridgehead atoms. The van der Waals surface area contributed by atoms with Crippen LogP contribution in [0.4, 0.5) is 5.82 Å². The second kappa shape index (κ2) is 9.60. The van der Waals surface area contributed by atoms with Crippen molar-refractivity contribution in [3.05, 3.63) is 22.4 Å². The first-order valence-corrected chi connectivity index (χ1v) is 12.4. The number of rotatable bonds is 7. The SMILES string of the molecule is COCCC(=O)N1CCN(c2nc(C3CC3)c3c(c2C#N)CC(C)(C)OC3)C[C@@H]1CC(C)C. The van der Waals surface area contributed by atoms with E-state index in [4.69, 9.17) is 14.5 Å². The maximum Gasteiger partial charge on any atom is 0.225 e. The molecule has 1 atom stereocenters. The van der Waals surface area contributed by atoms with E-state index in [1.807, 2.05) is 4.90 Å². The lowest BCUT2D eigenvalue weighted by Crippen LogP contribution is -2.56. The summed E-state index contributed by atoms with van der Waals surface area (Å²) in [5.74, 6) is 1.92. The van der Waals surface area contributed by atoms with Crippen molar-refractivity contribution in [2.45, 2.75) is 84.0 Å². The van der Waals surface area contributed by atoms with Crippen molar-refractivity contribution in [1.29, 1.82) is 5.26 Å². The van der Waals surface area contributed by atoms with Gasteiger partial charge in [0.2, 0.25) is 5.91 Å². The predicted molar refractivity (Wildman–Crippen MR) is 127 cm³/mol. The molecule has 0 spiro atoms. The van der Waals surface area contributed by atoms with Crippen molar-refractivity contribution in [3.63, 3.8) is 0 Å². The van der Waals surface area contributed by atoms with Crippen molar-refractivity contribution in [2.24, 2.45) is 5.92 Å². The van der Waals surface area contributed by atoms with Crippen LogP contribution in [0, 0.1) is 17.2 Å². The van der Waals surface area contributed by atoms with Gasteiger partial charge < -0.3 is 19.3 Å². The molecule has 7 nitrogen and oxygen atoms in total. The topological polar surface area (TPSA) is 78.7 Å². The fraction of sp³-hybridized carbons (Fsp3) is 0.731. The highest BCUT2D eigenvalue weighted by Gasteiger charge is 2.39. The number of carbonyl (C=O) groups is 1. The van der Waals surface area contributed by atoms with E-state index < -0.39 is 0 Å². The number of ether oxygens (including phenoxy) is 2. The highest BCUT2D eigenvalue weighted by molar-refractivity contribution is 5.77. The molecule has 1 saturated heterocycles. The van der Waals surface area contributed by atoms with Crippen LogP contribution in [-0.4, -0.2) is 60.8 Å². The summed E-state index contributed by atoms with van der Waals surface area (Å²) in [6.07, 6.45) is 4.38. The molecule has 1 aromatic heterocycles. The molecule has 3 heterocycles. The molecule has 7 heteroatoms. The van der Waals surface area contributed by atoms with Crippen LogP contribution < -0.4 is 4.90 Å². The molecule has 1 aromatic rings. The van der Waals surface area contributed by atoms with Crippen LogP contribution in [0.15, 0.2) is 0 Å². The lowest BCUT2D eigenvalue weighted by molar-refractivity contribution is -0.135. The molecule has 0 N–H and O–H groups in total. The molecular weight excluding hydrogens is 416 g/mol. The number of hydrogen-bond acceptors (Lipinski definition) is 6. The van der Waals surface area contributed by atoms with E-state index in [-0.39, 0.29) is 17.6 Å². The van der Waals surface area contributed by atoms with Gasteiger partial charge in [-0.2, -0.15) is 5.26 Å². The number of nitrogens with zero attached hydrogens (tertiary/aromatic N) is 4. The van der Waals surface area contributed by atoms with E-state index in [9.17, 15) is 10.1 Å². The zero-order chi connectivity index (χ0) is 23.8. The first-order valence-electron chi connectivity index (χ1n) is 12.4. The molecule has 1 aliphatic carbocycles. The number of amides is 1. The molecule has 2 fully saturated rings. The molecule has 1 amide bonds. The monoisotopic (exact) mass is 454 g/mol. The van der Waals surface area contributed by atoms with Gasteiger partial charge in [-0.15, -0.1) is 0 Å². The van der Waals surface area contributed by atoms with Crippen LogP contribution in [0.3, 0.4) is 0 Å². The van der Waals surface area contributed by atoms with E-state index >= 15 is 0 Å². The smallest absolute Gasteiger partial charge is 0.225 e. The van der Waals surface area contributed by atoms with Crippen LogP contribution in [-0.2, 0) is 27.3 Å². The number of anilines is 1. The van der Waals surface area contributed by atoms with Crippen molar-refractivity contribution in [2.75, 3.05) is 38.3 Å². The summed E-state index contributed by atoms with van der Waals surface area (Å²) in [5.41, 5.74) is 3.82. The summed E-state index contributed by atoms with van der Waals surface area (Å²) in [5, 5.41) is 10.2. The van der Waals surface area contributed by atoms with Crippen LogP contribution in [0.25, 0.3) is 0 Å². The summed E-state index contributed by atoms with van der Waals surface area (Å²) < 4.78 is 11.2. The third-order valence-corrected chi connectivity index (χ3v) is 7.08. The van der Waals surface area contributed by atoms with E-state index in [0.717, 1.165) is 48.3 Å². The van der Waals surface area contributed by atoms with Gasteiger partial charge in [0.05, 0.1) is 36.5 Å². The van der Waals surface area contributed by atoms with E-state index in [2.05, 4.69) is 38.7 Å². The van der Waals surface area contributed by atoms with E-state index in [1.165, 1.54) is 0 Å². The Bertz CT molecular complexity index is 932. The minimum atomic E-state index is -0.287. The Morgan fingerprint density at radius 3 is 2.70 bits per heavy atom. The number of piperazine rings is 1. The summed E-state index contributed by atoms with van der Waals surface area (Å²) in [6.45, 7) is 11.6. The molecule has 180 valence electrons. The highest BCUT2D eigenvalue weighted by atomic mass is 16.5. The largest absolute Gasteiger partial charge is 0.384 e. The normalized spacial score (nSPS) is 22.3. The van der Waals surface area contributed by atoms with Crippen molar-refractivity contribution in [3.8, 4) is 6.07 Å². The third-order valence-electron chi connectivity index (χ3n) is 7.08. The first-order chi connectivity index (χ1) is 15.7. The van der Waals surface area contributed by atoms with Gasteiger partial charge in [-0.25, -0.2) is 4.98 Å². The number of fused-ring (bicyclic) bond motifs is 1. The molecule has 1 saturated carbocycles. The standard InChI is InChI=1S/C26H38N4O3/c1-17(2)12-19-15-29(9-10-30(19)23(31)8-11-32-5)25-21(14-27)20-13-26(3,4)33-16-22(20)24(28-25)18-6-7-18/h17-19H,6-13,15-16H2,1-5H3/t19-/m0/s1. The number of carbonyl (C=O) groups excluding carboxylic acids is 1. The Morgan fingerprint density at radius 1 is 1.30 bits per heavy atom. The number of hydrogen-bond donors (Lipinski definition) is 0. The van der Waals surface area contributed by atoms with Crippen molar-refractivity contribution < 1.29 is 14.3 Å². The minimum Gasteiger partial charge on any atom is -0.384 e. The maximum atomic E-state index is 12.9. The lowest BCUT2D eigenvalue weighted by atomic mass is 9.87. The average molecular weight is 455 g/mol. The van der Waals surface area contributed by atoms with Gasteiger partial charge in [-0.05, 0) is 44.6 Å². The van der Waals surface area contributed by atoms with Gasteiger partial charge in [-0.3, -0.25) is 4.79 Å². The molecular formula is C26H38N4O3. The van der Waals surface area contributed by atoms with Crippen LogP contribution in [0.5, 0.6) is 0 Å². The summed E-state index contributed by atoms with van der Waals surface area (Å²) in [4.78, 5) is 22.3. The zero-order valence-electron chi connectivity index (χ0n) is 20.8. The second-order valence-corrected chi connectivity index (χ2v) is 10.8. The van der Waals surface area contributed by atoms with Crippen LogP contribution in [0.2, 0.25) is 0 Å². The molecule has 0 aromatic carbocycles. The third kappa shape index (κ3) is 5.17. The van der Waals surface area contributed by atoms with Crippen LogP contribution in [0.1, 0.15) is 81.7 Å². The zero-order valence-corrected chi connectivity index (χ0v) is 20.8. The summed E-state index contributed by atoms with van der Waals surface area (Å²) >= 11 is 0. The number of methoxy groups -OCH3 is 1. The van der Waals surface area contributed by atoms with Crippen molar-refractivity contribution >= 4 is 11.7 Å². The fourth-order valence-corrected chi connectivity index (χ4v) is 5.27. The molecule has 4 rings (SSSR count). The molecule has 0 radical (unpaired) electrons. The fourth-order valence-electron chi connectivity index (χ4n) is 5.27. The molecule has 33 heavy (non-hydrogen) atoms. The Morgan fingerprint density at radius 2 is 2.06 bits per heavy atom. The Hall–Kier alpha value is -2.17. The van der Waals surface area contributed by atoms with Gasteiger partial charge in [0, 0.05) is 50.7 Å². The molecule has 0 unspecified atom stereocenters. The lowest BCUT2D eigenvalue weighted by Gasteiger charge is -2.43. The van der Waals surface area contributed by atoms with Gasteiger partial charge >= 0.3 is 0 Å². The van der Waals surface area contributed by atoms with Gasteiger partial charge in [0.1, 0.15) is 11.9 Å².